The summed E-state index contributed by atoms with van der Waals surface area (Å²) in [4.78, 5) is 5.74. The van der Waals surface area contributed by atoms with E-state index >= 15 is 0 Å². The van der Waals surface area contributed by atoms with E-state index in [0.29, 0.717) is 12.5 Å². The molecular weight excluding hydrogens is 232 g/mol. The van der Waals surface area contributed by atoms with Crippen LogP contribution in [-0.4, -0.2) is 23.2 Å². The van der Waals surface area contributed by atoms with Crippen LogP contribution in [0, 0.1) is 11.3 Å². The van der Waals surface area contributed by atoms with Crippen molar-refractivity contribution in [2.24, 2.45) is 11.3 Å². The molecule has 1 fully saturated rings. The SMILES string of the molecule is CC(C)Cc1ncc(CNCC2(CO)CC2)s1. The van der Waals surface area contributed by atoms with Crippen molar-refractivity contribution >= 4 is 11.3 Å². The van der Waals surface area contributed by atoms with Crippen molar-refractivity contribution in [3.8, 4) is 0 Å². The van der Waals surface area contributed by atoms with Gasteiger partial charge in [0.25, 0.3) is 0 Å². The second kappa shape index (κ2) is 5.46. The molecule has 0 aromatic carbocycles. The van der Waals surface area contributed by atoms with Gasteiger partial charge in [0.15, 0.2) is 0 Å². The second-order valence-corrected chi connectivity index (χ2v) is 6.78. The molecule has 2 N–H and O–H groups in total. The zero-order valence-electron chi connectivity index (χ0n) is 10.7. The van der Waals surface area contributed by atoms with Gasteiger partial charge in [-0.3, -0.25) is 0 Å². The summed E-state index contributed by atoms with van der Waals surface area (Å²) in [6.45, 7) is 6.58. The molecule has 0 spiro atoms. The summed E-state index contributed by atoms with van der Waals surface area (Å²) in [5, 5.41) is 13.9. The topological polar surface area (TPSA) is 45.2 Å². The zero-order valence-corrected chi connectivity index (χ0v) is 11.5. The summed E-state index contributed by atoms with van der Waals surface area (Å²) in [6, 6.07) is 0. The van der Waals surface area contributed by atoms with Gasteiger partial charge >= 0.3 is 0 Å². The summed E-state index contributed by atoms with van der Waals surface area (Å²) in [5.41, 5.74) is 0.200. The van der Waals surface area contributed by atoms with Gasteiger partial charge in [-0.05, 0) is 18.8 Å². The summed E-state index contributed by atoms with van der Waals surface area (Å²) in [5.74, 6) is 0.672. The third-order valence-corrected chi connectivity index (χ3v) is 4.30. The summed E-state index contributed by atoms with van der Waals surface area (Å²) in [7, 11) is 0. The van der Waals surface area contributed by atoms with E-state index in [4.69, 9.17) is 0 Å². The number of aliphatic hydroxyl groups excluding tert-OH is 1. The van der Waals surface area contributed by atoms with Gasteiger partial charge in [0.1, 0.15) is 0 Å². The quantitative estimate of drug-likeness (QED) is 0.784. The van der Waals surface area contributed by atoms with E-state index in [9.17, 15) is 5.11 Å². The van der Waals surface area contributed by atoms with E-state index < -0.39 is 0 Å². The van der Waals surface area contributed by atoms with E-state index in [2.05, 4.69) is 24.1 Å². The molecule has 4 heteroatoms. The molecule has 17 heavy (non-hydrogen) atoms. The first-order chi connectivity index (χ1) is 8.13. The lowest BCUT2D eigenvalue weighted by atomic mass is 10.1. The standard InChI is InChI=1S/C13H22N2OS/c1-10(2)5-12-15-7-11(17-12)6-14-8-13(9-16)3-4-13/h7,10,14,16H,3-6,8-9H2,1-2H3. The number of nitrogens with one attached hydrogen (secondary N) is 1. The molecular formula is C13H22N2OS. The van der Waals surface area contributed by atoms with Crippen molar-refractivity contribution in [3.05, 3.63) is 16.1 Å². The predicted octanol–water partition coefficient (Wildman–Crippen LogP) is 2.20. The number of thiazole rings is 1. The Balaban J connectivity index is 1.73. The highest BCUT2D eigenvalue weighted by Gasteiger charge is 2.41. The highest BCUT2D eigenvalue weighted by atomic mass is 32.1. The van der Waals surface area contributed by atoms with Crippen molar-refractivity contribution in [2.75, 3.05) is 13.2 Å². The van der Waals surface area contributed by atoms with Crippen molar-refractivity contribution in [1.82, 2.24) is 10.3 Å². The number of aliphatic hydroxyl groups is 1. The molecule has 1 aliphatic carbocycles. The largest absolute Gasteiger partial charge is 0.396 e. The fourth-order valence-electron chi connectivity index (χ4n) is 1.89. The third-order valence-electron chi connectivity index (χ3n) is 3.28. The Hall–Kier alpha value is -0.450. The monoisotopic (exact) mass is 254 g/mol. The van der Waals surface area contributed by atoms with Gasteiger partial charge in [-0.15, -0.1) is 11.3 Å². The molecule has 0 bridgehead atoms. The summed E-state index contributed by atoms with van der Waals surface area (Å²) < 4.78 is 0. The van der Waals surface area contributed by atoms with Crippen LogP contribution < -0.4 is 5.32 Å². The molecule has 0 aliphatic heterocycles. The first kappa shape index (κ1) is 13.0. The van der Waals surface area contributed by atoms with Crippen molar-refractivity contribution in [3.63, 3.8) is 0 Å². The number of rotatable bonds is 7. The van der Waals surface area contributed by atoms with Crippen LogP contribution in [0.15, 0.2) is 6.20 Å². The van der Waals surface area contributed by atoms with E-state index in [0.717, 1.165) is 32.4 Å². The van der Waals surface area contributed by atoms with Gasteiger partial charge in [0.2, 0.25) is 0 Å². The predicted molar refractivity (Wildman–Crippen MR) is 71.1 cm³/mol. The van der Waals surface area contributed by atoms with Crippen LogP contribution in [0.4, 0.5) is 0 Å². The second-order valence-electron chi connectivity index (χ2n) is 5.58. The third kappa shape index (κ3) is 3.76. The molecule has 1 saturated carbocycles. The minimum atomic E-state index is 0.200. The van der Waals surface area contributed by atoms with Gasteiger partial charge in [-0.25, -0.2) is 4.98 Å². The lowest BCUT2D eigenvalue weighted by Gasteiger charge is -2.11. The maximum absolute atomic E-state index is 9.21. The zero-order chi connectivity index (χ0) is 12.3. The average Bonchev–Trinajstić information content (AvgIpc) is 2.93. The number of aromatic nitrogens is 1. The van der Waals surface area contributed by atoms with Crippen LogP contribution in [0.3, 0.4) is 0 Å². The molecule has 0 radical (unpaired) electrons. The Kier molecular flexibility index (Phi) is 4.17. The van der Waals surface area contributed by atoms with Crippen LogP contribution in [0.25, 0.3) is 0 Å². The van der Waals surface area contributed by atoms with E-state index in [1.165, 1.54) is 9.88 Å². The molecule has 0 amide bonds. The van der Waals surface area contributed by atoms with E-state index in [-0.39, 0.29) is 5.41 Å². The molecule has 2 rings (SSSR count). The van der Waals surface area contributed by atoms with Crippen LogP contribution in [0.5, 0.6) is 0 Å². The molecule has 1 aromatic rings. The van der Waals surface area contributed by atoms with E-state index in [1.807, 2.05) is 6.20 Å². The van der Waals surface area contributed by atoms with Crippen molar-refractivity contribution in [1.29, 1.82) is 0 Å². The Labute approximate surface area is 107 Å². The lowest BCUT2D eigenvalue weighted by Crippen LogP contribution is -2.25. The number of nitrogens with zero attached hydrogens (tertiary/aromatic N) is 1. The molecule has 1 aromatic heterocycles. The average molecular weight is 254 g/mol. The van der Waals surface area contributed by atoms with Crippen molar-refractivity contribution in [2.45, 2.75) is 39.7 Å². The van der Waals surface area contributed by atoms with Gasteiger partial charge in [-0.2, -0.15) is 0 Å². The summed E-state index contributed by atoms with van der Waals surface area (Å²) >= 11 is 1.80. The normalized spacial score (nSPS) is 17.6. The van der Waals surface area contributed by atoms with Gasteiger partial charge in [0.05, 0.1) is 5.01 Å². The highest BCUT2D eigenvalue weighted by Crippen LogP contribution is 2.44. The minimum absolute atomic E-state index is 0.200. The maximum Gasteiger partial charge on any atom is 0.0930 e. The summed E-state index contributed by atoms with van der Waals surface area (Å²) in [6.07, 6.45) is 5.38. The highest BCUT2D eigenvalue weighted by molar-refractivity contribution is 7.11. The smallest absolute Gasteiger partial charge is 0.0930 e. The number of hydrogen-bond donors (Lipinski definition) is 2. The molecule has 0 saturated heterocycles. The van der Waals surface area contributed by atoms with Crippen LogP contribution in [-0.2, 0) is 13.0 Å². The maximum atomic E-state index is 9.21. The molecule has 1 aliphatic rings. The van der Waals surface area contributed by atoms with E-state index in [1.54, 1.807) is 11.3 Å². The Bertz CT molecular complexity index is 358. The lowest BCUT2D eigenvalue weighted by molar-refractivity contribution is 0.207. The van der Waals surface area contributed by atoms with Crippen LogP contribution >= 0.6 is 11.3 Å². The van der Waals surface area contributed by atoms with Crippen LogP contribution in [0.2, 0.25) is 0 Å². The Morgan fingerprint density at radius 2 is 2.29 bits per heavy atom. The van der Waals surface area contributed by atoms with Crippen LogP contribution in [0.1, 0.15) is 36.6 Å². The Morgan fingerprint density at radius 3 is 2.88 bits per heavy atom. The molecule has 96 valence electrons. The first-order valence-corrected chi connectivity index (χ1v) is 7.20. The minimum Gasteiger partial charge on any atom is -0.396 e. The Morgan fingerprint density at radius 1 is 1.53 bits per heavy atom. The van der Waals surface area contributed by atoms with Gasteiger partial charge in [-0.1, -0.05) is 13.8 Å². The molecule has 3 nitrogen and oxygen atoms in total. The van der Waals surface area contributed by atoms with Crippen molar-refractivity contribution < 1.29 is 5.11 Å². The molecule has 0 atom stereocenters. The fraction of sp³-hybridized carbons (Fsp3) is 0.769. The van der Waals surface area contributed by atoms with Gasteiger partial charge in [0, 0.05) is 42.6 Å². The fourth-order valence-corrected chi connectivity index (χ4v) is 3.00. The number of hydrogen-bond acceptors (Lipinski definition) is 4. The first-order valence-electron chi connectivity index (χ1n) is 6.39. The molecule has 0 unspecified atom stereocenters. The molecule has 1 heterocycles. The van der Waals surface area contributed by atoms with Gasteiger partial charge < -0.3 is 10.4 Å².